The molecule has 1 aromatic rings. The third kappa shape index (κ3) is 2.78. The van der Waals surface area contributed by atoms with Gasteiger partial charge in [0.15, 0.2) is 0 Å². The van der Waals surface area contributed by atoms with Crippen molar-refractivity contribution in [1.82, 2.24) is 4.90 Å². The Morgan fingerprint density at radius 1 is 1.32 bits per heavy atom. The summed E-state index contributed by atoms with van der Waals surface area (Å²) in [6, 6.07) is 4.93. The fourth-order valence-electron chi connectivity index (χ4n) is 2.32. The molecule has 19 heavy (non-hydrogen) atoms. The van der Waals surface area contributed by atoms with Crippen molar-refractivity contribution < 1.29 is 14.7 Å². The van der Waals surface area contributed by atoms with Crippen LogP contribution in [0.4, 0.5) is 0 Å². The Kier molecular flexibility index (Phi) is 3.60. The van der Waals surface area contributed by atoms with Crippen LogP contribution in [0.5, 0.6) is 0 Å². The van der Waals surface area contributed by atoms with E-state index in [0.29, 0.717) is 5.56 Å². The number of hydrogen-bond acceptors (Lipinski definition) is 2. The lowest BCUT2D eigenvalue weighted by Gasteiger charge is -2.27. The Labute approximate surface area is 113 Å². The van der Waals surface area contributed by atoms with Crippen molar-refractivity contribution in [2.45, 2.75) is 45.7 Å². The summed E-state index contributed by atoms with van der Waals surface area (Å²) >= 11 is 0. The van der Waals surface area contributed by atoms with Crippen molar-refractivity contribution in [3.8, 4) is 0 Å². The fraction of sp³-hybridized carbons (Fsp3) is 0.467. The van der Waals surface area contributed by atoms with Crippen LogP contribution in [0, 0.1) is 13.8 Å². The Morgan fingerprint density at radius 2 is 1.95 bits per heavy atom. The molecule has 0 bridgehead atoms. The first-order valence-corrected chi connectivity index (χ1v) is 6.54. The molecule has 0 aromatic heterocycles. The molecule has 1 N–H and O–H groups in total. The normalized spacial score (nSPS) is 15.9. The molecule has 1 aliphatic rings. The Bertz CT molecular complexity index is 520. The van der Waals surface area contributed by atoms with Crippen LogP contribution in [-0.4, -0.2) is 34.0 Å². The molecule has 0 aliphatic heterocycles. The number of rotatable bonds is 4. The Morgan fingerprint density at radius 3 is 2.42 bits per heavy atom. The zero-order valence-electron chi connectivity index (χ0n) is 11.5. The predicted molar refractivity (Wildman–Crippen MR) is 72.2 cm³/mol. The standard InChI is InChI=1S/C15H19NO3/c1-9-4-7-13(10(2)8-9)14(17)16(12-5-6-12)11(3)15(18)19/h4,7-8,11-12H,5-6H2,1-3H3,(H,18,19). The van der Waals surface area contributed by atoms with Crippen LogP contribution in [0.3, 0.4) is 0 Å². The van der Waals surface area contributed by atoms with E-state index in [9.17, 15) is 9.59 Å². The first-order chi connectivity index (χ1) is 8.91. The lowest BCUT2D eigenvalue weighted by Crippen LogP contribution is -2.44. The number of aliphatic carboxylic acids is 1. The number of aryl methyl sites for hydroxylation is 2. The summed E-state index contributed by atoms with van der Waals surface area (Å²) in [4.78, 5) is 25.2. The van der Waals surface area contributed by atoms with E-state index < -0.39 is 12.0 Å². The minimum atomic E-state index is -0.954. The number of carboxylic acids is 1. The second-order valence-electron chi connectivity index (χ2n) is 5.28. The van der Waals surface area contributed by atoms with Crippen molar-refractivity contribution in [1.29, 1.82) is 0 Å². The van der Waals surface area contributed by atoms with Gasteiger partial charge in [-0.15, -0.1) is 0 Å². The van der Waals surface area contributed by atoms with Crippen molar-refractivity contribution in [3.63, 3.8) is 0 Å². The SMILES string of the molecule is Cc1ccc(C(=O)N(C2CC2)C(C)C(=O)O)c(C)c1. The number of carboxylic acid groups (broad SMARTS) is 1. The van der Waals surface area contributed by atoms with Crippen molar-refractivity contribution >= 4 is 11.9 Å². The molecule has 1 unspecified atom stereocenters. The van der Waals surface area contributed by atoms with Gasteiger partial charge in [0.25, 0.3) is 5.91 Å². The molecule has 0 saturated heterocycles. The average Bonchev–Trinajstić information content (AvgIpc) is 3.13. The maximum Gasteiger partial charge on any atom is 0.326 e. The zero-order valence-corrected chi connectivity index (χ0v) is 11.5. The van der Waals surface area contributed by atoms with E-state index in [-0.39, 0.29) is 11.9 Å². The van der Waals surface area contributed by atoms with E-state index in [1.165, 1.54) is 4.90 Å². The number of amides is 1. The average molecular weight is 261 g/mol. The van der Waals surface area contributed by atoms with Gasteiger partial charge in [0.2, 0.25) is 0 Å². The molecular weight excluding hydrogens is 242 g/mol. The summed E-state index contributed by atoms with van der Waals surface area (Å²) in [5, 5.41) is 9.14. The lowest BCUT2D eigenvalue weighted by molar-refractivity contribution is -0.141. The van der Waals surface area contributed by atoms with Crippen LogP contribution in [0.1, 0.15) is 41.3 Å². The van der Waals surface area contributed by atoms with Gasteiger partial charge >= 0.3 is 5.97 Å². The fourth-order valence-corrected chi connectivity index (χ4v) is 2.32. The van der Waals surface area contributed by atoms with Gasteiger partial charge in [0.05, 0.1) is 0 Å². The van der Waals surface area contributed by atoms with Crippen LogP contribution in [0.25, 0.3) is 0 Å². The van der Waals surface area contributed by atoms with Crippen molar-refractivity contribution in [2.75, 3.05) is 0 Å². The Balaban J connectivity index is 2.31. The van der Waals surface area contributed by atoms with Crippen molar-refractivity contribution in [2.24, 2.45) is 0 Å². The molecule has 4 heteroatoms. The van der Waals surface area contributed by atoms with Gasteiger partial charge < -0.3 is 10.0 Å². The van der Waals surface area contributed by atoms with E-state index in [1.54, 1.807) is 13.0 Å². The molecule has 1 aliphatic carbocycles. The van der Waals surface area contributed by atoms with Crippen LogP contribution in [-0.2, 0) is 4.79 Å². The summed E-state index contributed by atoms with van der Waals surface area (Å²) in [6.45, 7) is 5.43. The first kappa shape index (κ1) is 13.6. The van der Waals surface area contributed by atoms with Crippen LogP contribution in [0.15, 0.2) is 18.2 Å². The van der Waals surface area contributed by atoms with Crippen LogP contribution >= 0.6 is 0 Å². The van der Waals surface area contributed by atoms with E-state index in [0.717, 1.165) is 24.0 Å². The van der Waals surface area contributed by atoms with Gasteiger partial charge in [0.1, 0.15) is 6.04 Å². The maximum absolute atomic E-state index is 12.6. The second kappa shape index (κ2) is 5.03. The topological polar surface area (TPSA) is 57.6 Å². The number of hydrogen-bond donors (Lipinski definition) is 1. The molecule has 1 aromatic carbocycles. The number of carbonyl (C=O) groups excluding carboxylic acids is 1. The van der Waals surface area contributed by atoms with Gasteiger partial charge in [-0.3, -0.25) is 4.79 Å². The Hall–Kier alpha value is -1.84. The minimum absolute atomic E-state index is 0.0827. The van der Waals surface area contributed by atoms with E-state index in [2.05, 4.69) is 0 Å². The summed E-state index contributed by atoms with van der Waals surface area (Å²) in [7, 11) is 0. The van der Waals surface area contributed by atoms with Crippen LogP contribution in [0.2, 0.25) is 0 Å². The molecular formula is C15H19NO3. The summed E-state index contributed by atoms with van der Waals surface area (Å²) in [6.07, 6.45) is 1.79. The summed E-state index contributed by atoms with van der Waals surface area (Å²) in [5.74, 6) is -1.13. The molecule has 1 saturated carbocycles. The minimum Gasteiger partial charge on any atom is -0.480 e. The molecule has 1 atom stereocenters. The maximum atomic E-state index is 12.6. The molecule has 1 amide bonds. The van der Waals surface area contributed by atoms with E-state index in [4.69, 9.17) is 5.11 Å². The number of carbonyl (C=O) groups is 2. The van der Waals surface area contributed by atoms with Gasteiger partial charge in [0, 0.05) is 11.6 Å². The number of benzene rings is 1. The van der Waals surface area contributed by atoms with Gasteiger partial charge in [-0.1, -0.05) is 17.7 Å². The highest BCUT2D eigenvalue weighted by atomic mass is 16.4. The second-order valence-corrected chi connectivity index (χ2v) is 5.28. The monoisotopic (exact) mass is 261 g/mol. The summed E-state index contributed by atoms with van der Waals surface area (Å²) < 4.78 is 0. The molecule has 102 valence electrons. The predicted octanol–water partition coefficient (Wildman–Crippen LogP) is 2.38. The molecule has 0 radical (unpaired) electrons. The molecule has 2 rings (SSSR count). The van der Waals surface area contributed by atoms with Gasteiger partial charge in [-0.05, 0) is 45.2 Å². The van der Waals surface area contributed by atoms with E-state index in [1.807, 2.05) is 26.0 Å². The highest BCUT2D eigenvalue weighted by Gasteiger charge is 2.39. The lowest BCUT2D eigenvalue weighted by atomic mass is 10.0. The van der Waals surface area contributed by atoms with Gasteiger partial charge in [-0.25, -0.2) is 4.79 Å². The largest absolute Gasteiger partial charge is 0.480 e. The highest BCUT2D eigenvalue weighted by Crippen LogP contribution is 2.30. The first-order valence-electron chi connectivity index (χ1n) is 6.54. The third-order valence-electron chi connectivity index (χ3n) is 3.56. The zero-order chi connectivity index (χ0) is 14.2. The number of nitrogens with zero attached hydrogens (tertiary/aromatic N) is 1. The molecule has 4 nitrogen and oxygen atoms in total. The quantitative estimate of drug-likeness (QED) is 0.905. The summed E-state index contributed by atoms with van der Waals surface area (Å²) in [5.41, 5.74) is 2.59. The third-order valence-corrected chi connectivity index (χ3v) is 3.56. The van der Waals surface area contributed by atoms with Crippen molar-refractivity contribution in [3.05, 3.63) is 34.9 Å². The van der Waals surface area contributed by atoms with E-state index >= 15 is 0 Å². The smallest absolute Gasteiger partial charge is 0.326 e. The highest BCUT2D eigenvalue weighted by molar-refractivity contribution is 5.98. The molecule has 0 heterocycles. The van der Waals surface area contributed by atoms with Crippen LogP contribution < -0.4 is 0 Å². The van der Waals surface area contributed by atoms with Gasteiger partial charge in [-0.2, -0.15) is 0 Å². The molecule has 0 spiro atoms. The molecule has 1 fully saturated rings.